The molecule has 1 amide bonds. The van der Waals surface area contributed by atoms with Gasteiger partial charge in [-0.15, -0.1) is 0 Å². The highest BCUT2D eigenvalue weighted by Gasteiger charge is 2.50. The lowest BCUT2D eigenvalue weighted by Gasteiger charge is -2.37. The van der Waals surface area contributed by atoms with Gasteiger partial charge in [-0.25, -0.2) is 4.39 Å². The van der Waals surface area contributed by atoms with Gasteiger partial charge in [0.2, 0.25) is 5.91 Å². The highest BCUT2D eigenvalue weighted by Crippen LogP contribution is 2.48. The lowest BCUT2D eigenvalue weighted by atomic mass is 9.84. The van der Waals surface area contributed by atoms with Gasteiger partial charge in [-0.05, 0) is 37.2 Å². The second kappa shape index (κ2) is 5.87. The first-order valence-electron chi connectivity index (χ1n) is 8.55. The van der Waals surface area contributed by atoms with Crippen molar-refractivity contribution in [2.45, 2.75) is 31.4 Å². The minimum atomic E-state index is -0.385. The quantitative estimate of drug-likeness (QED) is 0.908. The number of nitrogens with two attached hydrogens (primary N) is 1. The molecule has 1 heterocycles. The van der Waals surface area contributed by atoms with Crippen LogP contribution in [0.5, 0.6) is 0 Å². The van der Waals surface area contributed by atoms with E-state index in [2.05, 4.69) is 0 Å². The van der Waals surface area contributed by atoms with E-state index in [-0.39, 0.29) is 29.8 Å². The van der Waals surface area contributed by atoms with Gasteiger partial charge in [0.25, 0.3) is 0 Å². The number of nitrogens with zero attached hydrogens (tertiary/aromatic N) is 1. The fourth-order valence-electron chi connectivity index (χ4n) is 4.69. The molecule has 5 unspecified atom stereocenters. The number of hydrogen-bond acceptors (Lipinski definition) is 3. The van der Waals surface area contributed by atoms with Crippen LogP contribution in [0.15, 0.2) is 24.3 Å². The lowest BCUT2D eigenvalue weighted by Crippen LogP contribution is -2.50. The van der Waals surface area contributed by atoms with E-state index in [0.717, 1.165) is 19.3 Å². The number of morpholine rings is 1. The Kier molecular flexibility index (Phi) is 3.85. The monoisotopic (exact) mass is 318 g/mol. The molecule has 3 fully saturated rings. The summed E-state index contributed by atoms with van der Waals surface area (Å²) in [5.74, 6) is 0.778. The molecule has 0 aromatic heterocycles. The molecular formula is C18H23FN2O2. The highest BCUT2D eigenvalue weighted by molar-refractivity contribution is 5.80. The predicted octanol–water partition coefficient (Wildman–Crippen LogP) is 2.10. The third-order valence-corrected chi connectivity index (χ3v) is 5.90. The van der Waals surface area contributed by atoms with Gasteiger partial charge in [0.05, 0.1) is 19.1 Å². The van der Waals surface area contributed by atoms with Crippen LogP contribution in [-0.2, 0) is 9.53 Å². The van der Waals surface area contributed by atoms with E-state index < -0.39 is 0 Å². The number of carbonyl (C=O) groups excluding carboxylic acids is 1. The third-order valence-electron chi connectivity index (χ3n) is 5.90. The maximum absolute atomic E-state index is 14.0. The highest BCUT2D eigenvalue weighted by atomic mass is 19.1. The van der Waals surface area contributed by atoms with Crippen LogP contribution in [0.25, 0.3) is 0 Å². The average molecular weight is 318 g/mol. The Labute approximate surface area is 135 Å². The number of halogens is 1. The Morgan fingerprint density at radius 1 is 1.26 bits per heavy atom. The molecule has 2 bridgehead atoms. The Morgan fingerprint density at radius 3 is 2.78 bits per heavy atom. The summed E-state index contributed by atoms with van der Waals surface area (Å²) in [7, 11) is 0. The van der Waals surface area contributed by atoms with Gasteiger partial charge >= 0.3 is 0 Å². The average Bonchev–Trinajstić information content (AvgIpc) is 3.16. The van der Waals surface area contributed by atoms with Gasteiger partial charge in [-0.3, -0.25) is 4.79 Å². The van der Waals surface area contributed by atoms with Gasteiger partial charge in [-0.1, -0.05) is 18.2 Å². The van der Waals surface area contributed by atoms with E-state index in [1.54, 1.807) is 18.2 Å². The summed E-state index contributed by atoms with van der Waals surface area (Å²) in [5.41, 5.74) is 6.83. The van der Waals surface area contributed by atoms with Gasteiger partial charge in [0, 0.05) is 18.2 Å². The maximum Gasteiger partial charge on any atom is 0.227 e. The summed E-state index contributed by atoms with van der Waals surface area (Å²) < 4.78 is 19.7. The van der Waals surface area contributed by atoms with E-state index >= 15 is 0 Å². The minimum absolute atomic E-state index is 0.00370. The van der Waals surface area contributed by atoms with Crippen molar-refractivity contribution >= 4 is 5.91 Å². The fraction of sp³-hybridized carbons (Fsp3) is 0.611. The van der Waals surface area contributed by atoms with Crippen LogP contribution in [-0.4, -0.2) is 36.5 Å². The number of amides is 1. The lowest BCUT2D eigenvalue weighted by molar-refractivity contribution is -0.145. The second-order valence-corrected chi connectivity index (χ2v) is 7.10. The SMILES string of the molecule is NC1C2CCC(C2)C1C(=O)N1CCOC(c2ccccc2F)C1. The first kappa shape index (κ1) is 15.1. The van der Waals surface area contributed by atoms with Crippen molar-refractivity contribution in [3.8, 4) is 0 Å². The van der Waals surface area contributed by atoms with Gasteiger partial charge in [0.1, 0.15) is 11.9 Å². The molecule has 1 aromatic carbocycles. The minimum Gasteiger partial charge on any atom is -0.370 e. The molecule has 1 aliphatic heterocycles. The molecule has 2 aliphatic carbocycles. The van der Waals surface area contributed by atoms with Crippen molar-refractivity contribution in [3.05, 3.63) is 35.6 Å². The summed E-state index contributed by atoms with van der Waals surface area (Å²) in [6, 6.07) is 6.63. The Balaban J connectivity index is 1.49. The van der Waals surface area contributed by atoms with E-state index in [9.17, 15) is 9.18 Å². The summed E-state index contributed by atoms with van der Waals surface area (Å²) in [6.07, 6.45) is 2.99. The second-order valence-electron chi connectivity index (χ2n) is 7.10. The Hall–Kier alpha value is -1.46. The van der Waals surface area contributed by atoms with Crippen molar-refractivity contribution in [2.75, 3.05) is 19.7 Å². The number of ether oxygens (including phenoxy) is 1. The number of hydrogen-bond donors (Lipinski definition) is 1. The molecule has 0 radical (unpaired) electrons. The van der Waals surface area contributed by atoms with E-state index in [1.165, 1.54) is 6.07 Å². The molecule has 23 heavy (non-hydrogen) atoms. The molecule has 124 valence electrons. The van der Waals surface area contributed by atoms with Crippen molar-refractivity contribution < 1.29 is 13.9 Å². The number of rotatable bonds is 2. The smallest absolute Gasteiger partial charge is 0.227 e. The number of benzene rings is 1. The van der Waals surface area contributed by atoms with Gasteiger partial charge < -0.3 is 15.4 Å². The van der Waals surface area contributed by atoms with Crippen LogP contribution in [0.3, 0.4) is 0 Å². The molecule has 4 rings (SSSR count). The molecule has 4 nitrogen and oxygen atoms in total. The van der Waals surface area contributed by atoms with Gasteiger partial charge in [0.15, 0.2) is 0 Å². The molecule has 2 N–H and O–H groups in total. The predicted molar refractivity (Wildman–Crippen MR) is 84.0 cm³/mol. The maximum atomic E-state index is 14.0. The largest absolute Gasteiger partial charge is 0.370 e. The summed E-state index contributed by atoms with van der Waals surface area (Å²) in [5, 5.41) is 0. The van der Waals surface area contributed by atoms with Crippen LogP contribution >= 0.6 is 0 Å². The van der Waals surface area contributed by atoms with E-state index in [1.807, 2.05) is 4.90 Å². The summed E-state index contributed by atoms with van der Waals surface area (Å²) in [6.45, 7) is 1.44. The molecular weight excluding hydrogens is 295 g/mol. The molecule has 1 aromatic rings. The van der Waals surface area contributed by atoms with Crippen LogP contribution in [0.1, 0.15) is 30.9 Å². The zero-order chi connectivity index (χ0) is 16.0. The topological polar surface area (TPSA) is 55.6 Å². The standard InChI is InChI=1S/C18H23FN2O2/c19-14-4-2-1-3-13(14)15-10-21(7-8-23-15)18(22)16-11-5-6-12(9-11)17(16)20/h1-4,11-12,15-17H,5-10,20H2. The Morgan fingerprint density at radius 2 is 2.04 bits per heavy atom. The molecule has 5 heteroatoms. The van der Waals surface area contributed by atoms with Crippen LogP contribution in [0.2, 0.25) is 0 Å². The van der Waals surface area contributed by atoms with Crippen LogP contribution < -0.4 is 5.73 Å². The third kappa shape index (κ3) is 2.56. The fourth-order valence-corrected chi connectivity index (χ4v) is 4.69. The Bertz CT molecular complexity index is 606. The van der Waals surface area contributed by atoms with E-state index in [4.69, 9.17) is 10.5 Å². The van der Waals surface area contributed by atoms with Crippen molar-refractivity contribution in [1.29, 1.82) is 0 Å². The molecule has 3 aliphatic rings. The van der Waals surface area contributed by atoms with Gasteiger partial charge in [-0.2, -0.15) is 0 Å². The first-order valence-corrected chi connectivity index (χ1v) is 8.55. The van der Waals surface area contributed by atoms with E-state index in [0.29, 0.717) is 37.1 Å². The zero-order valence-corrected chi connectivity index (χ0v) is 13.2. The summed E-state index contributed by atoms with van der Waals surface area (Å²) in [4.78, 5) is 14.8. The van der Waals surface area contributed by atoms with Crippen molar-refractivity contribution in [1.82, 2.24) is 4.90 Å². The number of fused-ring (bicyclic) bond motifs is 2. The van der Waals surface area contributed by atoms with Crippen molar-refractivity contribution in [3.63, 3.8) is 0 Å². The molecule has 5 atom stereocenters. The van der Waals surface area contributed by atoms with Crippen molar-refractivity contribution in [2.24, 2.45) is 23.5 Å². The van der Waals surface area contributed by atoms with Crippen LogP contribution in [0, 0.1) is 23.6 Å². The normalized spacial score (nSPS) is 36.4. The summed E-state index contributed by atoms with van der Waals surface area (Å²) >= 11 is 0. The zero-order valence-electron chi connectivity index (χ0n) is 13.2. The first-order chi connectivity index (χ1) is 11.1. The molecule has 0 spiro atoms. The number of carbonyl (C=O) groups is 1. The molecule has 2 saturated carbocycles. The van der Waals surface area contributed by atoms with Crippen LogP contribution in [0.4, 0.5) is 4.39 Å². The molecule has 1 saturated heterocycles.